The lowest BCUT2D eigenvalue weighted by Crippen LogP contribution is -2.54. The minimum atomic E-state index is -0.660. The molecule has 1 fully saturated rings. The van der Waals surface area contributed by atoms with Crippen LogP contribution in [0.4, 0.5) is 10.1 Å². The van der Waals surface area contributed by atoms with Gasteiger partial charge in [-0.25, -0.2) is 4.39 Å². The Morgan fingerprint density at radius 1 is 1.17 bits per heavy atom. The van der Waals surface area contributed by atoms with Crippen LogP contribution in [0.2, 0.25) is 0 Å². The maximum atomic E-state index is 13.3. The van der Waals surface area contributed by atoms with E-state index in [1.54, 1.807) is 30.3 Å². The second kappa shape index (κ2) is 10.7. The number of anilines is 1. The molecule has 0 aliphatic carbocycles. The Morgan fingerprint density at radius 2 is 1.89 bits per heavy atom. The molecule has 0 atom stereocenters. The number of benzene rings is 3. The highest BCUT2D eigenvalue weighted by molar-refractivity contribution is 9.10. The lowest BCUT2D eigenvalue weighted by Gasteiger charge is -2.29. The molecule has 7 nitrogen and oxygen atoms in total. The smallest absolute Gasteiger partial charge is 0.270 e. The molecule has 3 aromatic carbocycles. The van der Waals surface area contributed by atoms with Crippen molar-refractivity contribution in [2.45, 2.75) is 6.61 Å². The highest BCUT2D eigenvalue weighted by Crippen LogP contribution is 2.38. The number of hydrogen-bond donors (Lipinski definition) is 1. The summed E-state index contributed by atoms with van der Waals surface area (Å²) in [5.41, 5.74) is 1.84. The first-order valence-corrected chi connectivity index (χ1v) is 11.7. The normalized spacial score (nSPS) is 14.4. The molecule has 36 heavy (non-hydrogen) atoms. The van der Waals surface area contributed by atoms with Crippen molar-refractivity contribution in [1.29, 1.82) is 5.26 Å². The predicted octanol–water partition coefficient (Wildman–Crippen LogP) is 4.88. The topological polar surface area (TPSA) is 91.7 Å². The zero-order chi connectivity index (χ0) is 25.8. The Kier molecular flexibility index (Phi) is 7.43. The zero-order valence-electron chi connectivity index (χ0n) is 18.7. The Labute approximate surface area is 219 Å². The number of hydrogen-bond acceptors (Lipinski definition) is 6. The fourth-order valence-corrected chi connectivity index (χ4v) is 4.37. The van der Waals surface area contributed by atoms with E-state index >= 15 is 0 Å². The number of carbonyl (C=O) groups excluding carboxylic acids is 2. The third kappa shape index (κ3) is 5.12. The maximum Gasteiger partial charge on any atom is 0.270 e. The molecule has 0 aromatic heterocycles. The number of methoxy groups -OCH3 is 1. The van der Waals surface area contributed by atoms with Crippen LogP contribution in [0.3, 0.4) is 0 Å². The zero-order valence-corrected chi connectivity index (χ0v) is 21.2. The molecule has 3 aromatic rings. The minimum absolute atomic E-state index is 0.103. The van der Waals surface area contributed by atoms with Crippen molar-refractivity contribution in [1.82, 2.24) is 5.32 Å². The molecule has 1 aliphatic rings. The van der Waals surface area contributed by atoms with E-state index in [4.69, 9.17) is 21.7 Å². The molecular formula is C26H17BrFN3O4S. The quantitative estimate of drug-likeness (QED) is 0.260. The number of nitriles is 1. The van der Waals surface area contributed by atoms with Crippen LogP contribution in [-0.4, -0.2) is 24.0 Å². The van der Waals surface area contributed by atoms with Crippen LogP contribution in [0.15, 0.2) is 70.7 Å². The molecule has 1 N–H and O–H groups in total. The van der Waals surface area contributed by atoms with Crippen molar-refractivity contribution < 1.29 is 23.5 Å². The van der Waals surface area contributed by atoms with Crippen molar-refractivity contribution in [2.24, 2.45) is 0 Å². The number of halogens is 2. The van der Waals surface area contributed by atoms with Crippen LogP contribution in [0.5, 0.6) is 11.5 Å². The van der Waals surface area contributed by atoms with Crippen LogP contribution in [0.1, 0.15) is 16.7 Å². The van der Waals surface area contributed by atoms with Crippen molar-refractivity contribution in [3.05, 3.63) is 93.2 Å². The van der Waals surface area contributed by atoms with E-state index in [1.165, 1.54) is 37.5 Å². The molecule has 1 saturated heterocycles. The predicted molar refractivity (Wildman–Crippen MR) is 139 cm³/mol. The van der Waals surface area contributed by atoms with Gasteiger partial charge in [0.15, 0.2) is 16.6 Å². The molecule has 0 bridgehead atoms. The van der Waals surface area contributed by atoms with Gasteiger partial charge < -0.3 is 9.47 Å². The molecule has 0 saturated carbocycles. The van der Waals surface area contributed by atoms with Crippen molar-refractivity contribution in [3.63, 3.8) is 0 Å². The summed E-state index contributed by atoms with van der Waals surface area (Å²) in [6.07, 6.45) is 1.40. The van der Waals surface area contributed by atoms with E-state index in [0.29, 0.717) is 38.3 Å². The molecule has 0 spiro atoms. The molecule has 0 unspecified atom stereocenters. The van der Waals surface area contributed by atoms with Crippen LogP contribution >= 0.6 is 28.1 Å². The number of thiocarbonyl (C=S) groups is 1. The van der Waals surface area contributed by atoms with Crippen LogP contribution in [0, 0.1) is 17.1 Å². The van der Waals surface area contributed by atoms with Crippen molar-refractivity contribution in [3.8, 4) is 17.6 Å². The highest BCUT2D eigenvalue weighted by atomic mass is 79.9. The van der Waals surface area contributed by atoms with Gasteiger partial charge in [-0.05, 0) is 82.3 Å². The molecule has 0 radical (unpaired) electrons. The van der Waals surface area contributed by atoms with Crippen molar-refractivity contribution in [2.75, 3.05) is 12.0 Å². The summed E-state index contributed by atoms with van der Waals surface area (Å²) in [6, 6.07) is 17.7. The SMILES string of the molecule is COc1cc(/C=C2/C(=O)NC(=S)N(c3ccc(F)cc3)C2=O)cc(Br)c1OCc1ccccc1C#N. The second-order valence-electron chi connectivity index (χ2n) is 7.53. The average Bonchev–Trinajstić information content (AvgIpc) is 2.86. The Morgan fingerprint density at radius 3 is 2.58 bits per heavy atom. The first kappa shape index (κ1) is 25.0. The van der Waals surface area contributed by atoms with Gasteiger partial charge in [0, 0.05) is 5.56 Å². The summed E-state index contributed by atoms with van der Waals surface area (Å²) < 4.78 is 25.3. The monoisotopic (exact) mass is 565 g/mol. The van der Waals surface area contributed by atoms with E-state index in [1.807, 2.05) is 6.07 Å². The Balaban J connectivity index is 1.65. The summed E-state index contributed by atoms with van der Waals surface area (Å²) in [6.45, 7) is 0.129. The average molecular weight is 566 g/mol. The fourth-order valence-electron chi connectivity index (χ4n) is 3.52. The number of nitrogens with zero attached hydrogens (tertiary/aromatic N) is 2. The van der Waals surface area contributed by atoms with Gasteiger partial charge in [-0.3, -0.25) is 19.8 Å². The summed E-state index contributed by atoms with van der Waals surface area (Å²) in [5, 5.41) is 11.7. The van der Waals surface area contributed by atoms with Crippen LogP contribution in [-0.2, 0) is 16.2 Å². The van der Waals surface area contributed by atoms with Gasteiger partial charge >= 0.3 is 0 Å². The number of rotatable bonds is 6. The molecular weight excluding hydrogens is 549 g/mol. The number of nitrogens with one attached hydrogen (secondary N) is 1. The number of carbonyl (C=O) groups is 2. The van der Waals surface area contributed by atoms with Crippen molar-refractivity contribution >= 4 is 56.8 Å². The molecule has 4 rings (SSSR count). The number of amides is 2. The molecule has 2 amide bonds. The molecule has 180 valence electrons. The standard InChI is InChI=1S/C26H17BrFN3O4S/c1-34-22-12-15(11-21(27)23(22)35-14-17-5-3-2-4-16(17)13-29)10-20-24(32)30-26(36)31(25(20)33)19-8-6-18(28)7-9-19/h2-12H,14H2,1H3,(H,30,32,36)/b20-10-. The molecule has 1 aliphatic heterocycles. The largest absolute Gasteiger partial charge is 0.493 e. The third-order valence-corrected chi connectivity index (χ3v) is 6.13. The Bertz CT molecular complexity index is 1450. The van der Waals surface area contributed by atoms with Gasteiger partial charge in [0.05, 0.1) is 28.9 Å². The van der Waals surface area contributed by atoms with E-state index in [-0.39, 0.29) is 17.3 Å². The number of ether oxygens (including phenoxy) is 2. The van der Waals surface area contributed by atoms with Gasteiger partial charge in [0.25, 0.3) is 11.8 Å². The fraction of sp³-hybridized carbons (Fsp3) is 0.0769. The summed E-state index contributed by atoms with van der Waals surface area (Å²) in [5.74, 6) is -1.05. The summed E-state index contributed by atoms with van der Waals surface area (Å²) >= 11 is 8.62. The first-order chi connectivity index (χ1) is 17.3. The lowest BCUT2D eigenvalue weighted by atomic mass is 10.1. The Hall–Kier alpha value is -4.07. The minimum Gasteiger partial charge on any atom is -0.493 e. The maximum absolute atomic E-state index is 13.3. The van der Waals surface area contributed by atoms with E-state index in [0.717, 1.165) is 4.90 Å². The van der Waals surface area contributed by atoms with Crippen LogP contribution < -0.4 is 19.7 Å². The van der Waals surface area contributed by atoms with E-state index < -0.39 is 17.6 Å². The third-order valence-electron chi connectivity index (χ3n) is 5.26. The van der Waals surface area contributed by atoms with Gasteiger partial charge in [0.1, 0.15) is 18.0 Å². The first-order valence-electron chi connectivity index (χ1n) is 10.5. The van der Waals surface area contributed by atoms with Gasteiger partial charge in [-0.1, -0.05) is 18.2 Å². The summed E-state index contributed by atoms with van der Waals surface area (Å²) in [7, 11) is 1.46. The summed E-state index contributed by atoms with van der Waals surface area (Å²) in [4.78, 5) is 26.9. The highest BCUT2D eigenvalue weighted by Gasteiger charge is 2.34. The van der Waals surface area contributed by atoms with Crippen LogP contribution in [0.25, 0.3) is 6.08 Å². The molecule has 1 heterocycles. The van der Waals surface area contributed by atoms with E-state index in [2.05, 4.69) is 27.3 Å². The van der Waals surface area contributed by atoms with Gasteiger partial charge in [-0.15, -0.1) is 0 Å². The van der Waals surface area contributed by atoms with Gasteiger partial charge in [-0.2, -0.15) is 5.26 Å². The molecule has 10 heteroatoms. The van der Waals surface area contributed by atoms with Gasteiger partial charge in [0.2, 0.25) is 0 Å². The van der Waals surface area contributed by atoms with E-state index in [9.17, 15) is 19.2 Å². The second-order valence-corrected chi connectivity index (χ2v) is 8.77. The lowest BCUT2D eigenvalue weighted by molar-refractivity contribution is -0.122.